The number of hydrogen-bond donors (Lipinski definition) is 0. The molecular weight excluding hydrogens is 242 g/mol. The van der Waals surface area contributed by atoms with Gasteiger partial charge in [0.1, 0.15) is 5.15 Å². The Morgan fingerprint density at radius 3 is 2.81 bits per heavy atom. The quantitative estimate of drug-likeness (QED) is 0.787. The summed E-state index contributed by atoms with van der Waals surface area (Å²) in [6, 6.07) is 1.83. The van der Waals surface area contributed by atoms with Crippen LogP contribution >= 0.6 is 22.9 Å². The van der Waals surface area contributed by atoms with Crippen LogP contribution in [0.3, 0.4) is 0 Å². The maximum absolute atomic E-state index is 5.98. The van der Waals surface area contributed by atoms with E-state index in [0.717, 1.165) is 17.0 Å². The van der Waals surface area contributed by atoms with E-state index in [-0.39, 0.29) is 0 Å². The molecule has 0 saturated carbocycles. The summed E-state index contributed by atoms with van der Waals surface area (Å²) in [5.41, 5.74) is 2.75. The minimum atomic E-state index is 0.494. The first-order valence-corrected chi connectivity index (χ1v) is 6.33. The molecular formula is C11H12ClN3S. The lowest BCUT2D eigenvalue weighted by Crippen LogP contribution is -2.00. The van der Waals surface area contributed by atoms with Gasteiger partial charge in [0.25, 0.3) is 0 Å². The summed E-state index contributed by atoms with van der Waals surface area (Å²) in [7, 11) is 0. The average molecular weight is 254 g/mol. The van der Waals surface area contributed by atoms with E-state index in [9.17, 15) is 0 Å². The average Bonchev–Trinajstić information content (AvgIpc) is 2.67. The van der Waals surface area contributed by atoms with Crippen LogP contribution in [0.4, 0.5) is 0 Å². The maximum Gasteiger partial charge on any atom is 0.172 e. The maximum atomic E-state index is 5.98. The van der Waals surface area contributed by atoms with E-state index >= 15 is 0 Å². The van der Waals surface area contributed by atoms with Crippen LogP contribution in [0.2, 0.25) is 5.15 Å². The number of nitrogens with zero attached hydrogens (tertiary/aromatic N) is 3. The van der Waals surface area contributed by atoms with E-state index in [2.05, 4.69) is 28.8 Å². The zero-order chi connectivity index (χ0) is 11.5. The summed E-state index contributed by atoms with van der Waals surface area (Å²) in [4.78, 5) is 13.7. The second-order valence-electron chi connectivity index (χ2n) is 3.97. The van der Waals surface area contributed by atoms with Gasteiger partial charge in [-0.3, -0.25) is 4.98 Å². The van der Waals surface area contributed by atoms with Gasteiger partial charge in [0.05, 0.1) is 10.4 Å². The topological polar surface area (TPSA) is 38.7 Å². The fourth-order valence-electron chi connectivity index (χ4n) is 1.42. The Morgan fingerprint density at radius 1 is 1.38 bits per heavy atom. The Morgan fingerprint density at radius 2 is 2.19 bits per heavy atom. The molecule has 0 radical (unpaired) electrons. The molecule has 0 atom stereocenters. The Balaban J connectivity index is 2.36. The van der Waals surface area contributed by atoms with Crippen LogP contribution in [-0.4, -0.2) is 15.0 Å². The van der Waals surface area contributed by atoms with Gasteiger partial charge in [-0.2, -0.15) is 0 Å². The summed E-state index contributed by atoms with van der Waals surface area (Å²) in [6.45, 7) is 4.31. The van der Waals surface area contributed by atoms with E-state index in [0.29, 0.717) is 16.9 Å². The predicted molar refractivity (Wildman–Crippen MR) is 66.7 cm³/mol. The van der Waals surface area contributed by atoms with Gasteiger partial charge < -0.3 is 0 Å². The van der Waals surface area contributed by atoms with Crippen molar-refractivity contribution in [2.24, 2.45) is 5.92 Å². The molecule has 0 saturated heterocycles. The van der Waals surface area contributed by atoms with Gasteiger partial charge in [-0.25, -0.2) is 9.97 Å². The largest absolute Gasteiger partial charge is 0.252 e. The molecule has 0 aliphatic rings. The molecule has 2 rings (SSSR count). The number of rotatable bonds is 3. The van der Waals surface area contributed by atoms with Crippen molar-refractivity contribution >= 4 is 22.9 Å². The van der Waals surface area contributed by atoms with Crippen LogP contribution in [0.5, 0.6) is 0 Å². The van der Waals surface area contributed by atoms with Crippen LogP contribution in [0.1, 0.15) is 19.5 Å². The molecule has 5 heteroatoms. The third kappa shape index (κ3) is 2.77. The Labute approximate surface area is 104 Å². The fraction of sp³-hybridized carbons (Fsp3) is 0.364. The molecule has 84 valence electrons. The van der Waals surface area contributed by atoms with Crippen molar-refractivity contribution < 1.29 is 0 Å². The van der Waals surface area contributed by atoms with Crippen molar-refractivity contribution in [3.05, 3.63) is 28.6 Å². The van der Waals surface area contributed by atoms with E-state index in [1.54, 1.807) is 11.7 Å². The third-order valence-electron chi connectivity index (χ3n) is 2.02. The number of hydrogen-bond acceptors (Lipinski definition) is 4. The number of halogens is 1. The molecule has 0 amide bonds. The highest BCUT2D eigenvalue weighted by Crippen LogP contribution is 2.22. The van der Waals surface area contributed by atoms with Gasteiger partial charge in [-0.1, -0.05) is 25.4 Å². The molecule has 0 spiro atoms. The molecule has 2 aromatic rings. The molecule has 16 heavy (non-hydrogen) atoms. The van der Waals surface area contributed by atoms with Crippen molar-refractivity contribution in [2.75, 3.05) is 0 Å². The molecule has 2 aromatic heterocycles. The first kappa shape index (κ1) is 11.5. The predicted octanol–water partition coefficient (Wildman–Crippen LogP) is 3.45. The van der Waals surface area contributed by atoms with Crippen molar-refractivity contribution in [3.63, 3.8) is 0 Å². The smallest absolute Gasteiger partial charge is 0.172 e. The zero-order valence-corrected chi connectivity index (χ0v) is 10.7. The van der Waals surface area contributed by atoms with Crippen LogP contribution in [0.25, 0.3) is 10.7 Å². The van der Waals surface area contributed by atoms with Gasteiger partial charge >= 0.3 is 0 Å². The van der Waals surface area contributed by atoms with Gasteiger partial charge in [-0.05, 0) is 18.4 Å². The molecule has 0 N–H and O–H groups in total. The Hall–Kier alpha value is -1.00. The molecule has 0 aromatic carbocycles. The van der Waals surface area contributed by atoms with E-state index in [4.69, 9.17) is 11.6 Å². The molecule has 0 fully saturated rings. The van der Waals surface area contributed by atoms with E-state index < -0.39 is 0 Å². The Bertz CT molecular complexity index is 468. The third-order valence-corrected chi connectivity index (χ3v) is 2.98. The van der Waals surface area contributed by atoms with Crippen molar-refractivity contribution in [2.45, 2.75) is 20.3 Å². The standard InChI is InChI=1S/C11H12ClN3S/c1-7(2)3-8-4-10(12)15-11(14-8)9-5-13-6-16-9/h4-7H,3H2,1-2H3. The SMILES string of the molecule is CC(C)Cc1cc(Cl)nc(-c2cncs2)n1. The number of thiazole rings is 1. The highest BCUT2D eigenvalue weighted by Gasteiger charge is 2.08. The minimum Gasteiger partial charge on any atom is -0.252 e. The second-order valence-corrected chi connectivity index (χ2v) is 5.24. The second kappa shape index (κ2) is 4.89. The molecule has 2 heterocycles. The van der Waals surface area contributed by atoms with Gasteiger partial charge in [0, 0.05) is 11.9 Å². The van der Waals surface area contributed by atoms with Crippen molar-refractivity contribution in [1.82, 2.24) is 15.0 Å². The van der Waals surface area contributed by atoms with E-state index in [1.165, 1.54) is 11.3 Å². The summed E-state index contributed by atoms with van der Waals surface area (Å²) in [6.07, 6.45) is 2.67. The van der Waals surface area contributed by atoms with E-state index in [1.807, 2.05) is 6.07 Å². The Kier molecular flexibility index (Phi) is 3.51. The van der Waals surface area contributed by atoms with Gasteiger partial charge in [0.15, 0.2) is 5.82 Å². The first-order chi connectivity index (χ1) is 7.65. The lowest BCUT2D eigenvalue weighted by Gasteiger charge is -2.05. The van der Waals surface area contributed by atoms with Crippen molar-refractivity contribution in [1.29, 1.82) is 0 Å². The molecule has 0 bridgehead atoms. The number of aromatic nitrogens is 3. The molecule has 0 aliphatic carbocycles. The minimum absolute atomic E-state index is 0.494. The monoisotopic (exact) mass is 253 g/mol. The molecule has 0 unspecified atom stereocenters. The van der Waals surface area contributed by atoms with Crippen molar-refractivity contribution in [3.8, 4) is 10.7 Å². The molecule has 3 nitrogen and oxygen atoms in total. The highest BCUT2D eigenvalue weighted by atomic mass is 35.5. The first-order valence-electron chi connectivity index (χ1n) is 5.07. The van der Waals surface area contributed by atoms with Gasteiger partial charge in [-0.15, -0.1) is 11.3 Å². The van der Waals surface area contributed by atoms with Crippen LogP contribution < -0.4 is 0 Å². The van der Waals surface area contributed by atoms with Crippen LogP contribution in [0, 0.1) is 5.92 Å². The highest BCUT2D eigenvalue weighted by molar-refractivity contribution is 7.13. The summed E-state index contributed by atoms with van der Waals surface area (Å²) in [5.74, 6) is 1.23. The lowest BCUT2D eigenvalue weighted by atomic mass is 10.1. The van der Waals surface area contributed by atoms with Crippen LogP contribution in [0.15, 0.2) is 17.8 Å². The summed E-state index contributed by atoms with van der Waals surface area (Å²) in [5, 5.41) is 0.494. The van der Waals surface area contributed by atoms with Gasteiger partial charge in [0.2, 0.25) is 0 Å². The summed E-state index contributed by atoms with van der Waals surface area (Å²) < 4.78 is 0. The molecule has 0 aliphatic heterocycles. The lowest BCUT2D eigenvalue weighted by molar-refractivity contribution is 0.634. The summed E-state index contributed by atoms with van der Waals surface area (Å²) >= 11 is 7.50. The zero-order valence-electron chi connectivity index (χ0n) is 9.14. The fourth-order valence-corrected chi connectivity index (χ4v) is 2.18. The normalized spacial score (nSPS) is 11.0. The van der Waals surface area contributed by atoms with Crippen LogP contribution in [-0.2, 0) is 6.42 Å².